The quantitative estimate of drug-likeness (QED) is 0.240. The topological polar surface area (TPSA) is 130 Å². The Bertz CT molecular complexity index is 1850. The van der Waals surface area contributed by atoms with Gasteiger partial charge in [-0.05, 0) is 42.3 Å². The number of benzene rings is 2. The first-order valence-corrected chi connectivity index (χ1v) is 12.9. The zero-order valence-corrected chi connectivity index (χ0v) is 22.9. The Morgan fingerprint density at radius 3 is 2.33 bits per heavy atom. The molecule has 1 amide bonds. The summed E-state index contributed by atoms with van der Waals surface area (Å²) in [4.78, 5) is 34.5. The van der Waals surface area contributed by atoms with Gasteiger partial charge in [0.1, 0.15) is 29.7 Å². The van der Waals surface area contributed by atoms with Crippen molar-refractivity contribution in [3.63, 3.8) is 0 Å². The molecule has 0 spiro atoms. The van der Waals surface area contributed by atoms with Crippen molar-refractivity contribution in [2.45, 2.75) is 25.7 Å². The number of nitrogen functional groups attached to an aromatic ring is 1. The minimum atomic E-state index is -4.53. The highest BCUT2D eigenvalue weighted by Crippen LogP contribution is 2.38. The molecular formula is C29H25F4N7O3. The Kier molecular flexibility index (Phi) is 7.96. The van der Waals surface area contributed by atoms with Crippen molar-refractivity contribution in [1.29, 1.82) is 0 Å². The summed E-state index contributed by atoms with van der Waals surface area (Å²) in [7, 11) is 1.50. The number of carbonyl (C=O) groups is 1. The summed E-state index contributed by atoms with van der Waals surface area (Å²) in [5.74, 6) is -1.25. The number of alkyl halides is 3. The fraction of sp³-hybridized carbons (Fsp3) is 0.207. The number of aromatic nitrogens is 5. The first kappa shape index (κ1) is 29.4. The second-order valence-electron chi connectivity index (χ2n) is 9.64. The smallest absolute Gasteiger partial charge is 0.383 e. The normalized spacial score (nSPS) is 12.4. The van der Waals surface area contributed by atoms with Crippen LogP contribution in [0.15, 0.2) is 72.0 Å². The molecule has 14 heteroatoms. The number of rotatable bonds is 8. The van der Waals surface area contributed by atoms with Gasteiger partial charge in [0, 0.05) is 36.3 Å². The van der Waals surface area contributed by atoms with Crippen molar-refractivity contribution in [2.24, 2.45) is 0 Å². The average molecular weight is 596 g/mol. The summed E-state index contributed by atoms with van der Waals surface area (Å²) < 4.78 is 61.6. The number of hydrogen-bond acceptors (Lipinski definition) is 7. The van der Waals surface area contributed by atoms with Crippen LogP contribution in [-0.2, 0) is 11.3 Å². The van der Waals surface area contributed by atoms with Crippen molar-refractivity contribution in [3.8, 4) is 22.3 Å². The molecule has 0 radical (unpaired) electrons. The van der Waals surface area contributed by atoms with Crippen LogP contribution in [0.5, 0.6) is 0 Å². The highest BCUT2D eigenvalue weighted by molar-refractivity contribution is 6.04. The number of anilines is 2. The van der Waals surface area contributed by atoms with E-state index in [1.54, 1.807) is 12.1 Å². The molecule has 2 aromatic carbocycles. The first-order chi connectivity index (χ1) is 20.5. The van der Waals surface area contributed by atoms with E-state index in [-0.39, 0.29) is 35.6 Å². The third-order valence-corrected chi connectivity index (χ3v) is 6.84. The summed E-state index contributed by atoms with van der Waals surface area (Å²) in [6.45, 7) is 1.52. The molecule has 3 heterocycles. The molecule has 0 saturated heterocycles. The molecule has 222 valence electrons. The number of amides is 1. The van der Waals surface area contributed by atoms with Crippen LogP contribution in [0, 0.1) is 5.82 Å². The first-order valence-electron chi connectivity index (χ1n) is 12.9. The van der Waals surface area contributed by atoms with Crippen LogP contribution in [0.1, 0.15) is 23.5 Å². The van der Waals surface area contributed by atoms with Crippen molar-refractivity contribution >= 4 is 28.4 Å². The Morgan fingerprint density at radius 2 is 1.67 bits per heavy atom. The number of nitrogens with one attached hydrogen (secondary N) is 1. The van der Waals surface area contributed by atoms with Crippen molar-refractivity contribution in [3.05, 3.63) is 89.0 Å². The van der Waals surface area contributed by atoms with Crippen molar-refractivity contribution in [1.82, 2.24) is 24.3 Å². The van der Waals surface area contributed by atoms with Gasteiger partial charge in [0.2, 0.25) is 5.43 Å². The van der Waals surface area contributed by atoms with Gasteiger partial charge in [0.05, 0.1) is 18.5 Å². The number of fused-ring (bicyclic) bond motifs is 1. The van der Waals surface area contributed by atoms with Crippen LogP contribution < -0.4 is 16.5 Å². The number of ether oxygens (including phenoxy) is 1. The molecule has 5 rings (SSSR count). The molecule has 0 fully saturated rings. The molecule has 10 nitrogen and oxygen atoms in total. The highest BCUT2D eigenvalue weighted by Gasteiger charge is 2.38. The van der Waals surface area contributed by atoms with E-state index in [0.717, 1.165) is 17.8 Å². The lowest BCUT2D eigenvalue weighted by atomic mass is 10.1. The number of nitrogens with two attached hydrogens (primary N) is 1. The van der Waals surface area contributed by atoms with E-state index in [1.807, 2.05) is 0 Å². The standard InChI is InChI=1S/C29H25F4N7O3/c1-16(29(31,32)33)40-14-21(23-26(34)35-15-36-27(23)40)17-5-9-20(10-6-17)37-28(42)24-25(41)22(13-39(38-24)11-12-43-2)18-3-7-19(30)8-4-18/h3-10,13-16H,11-12H2,1-2H3,(H,37,42)(H2,34,35,36). The van der Waals surface area contributed by atoms with E-state index in [0.29, 0.717) is 22.4 Å². The third-order valence-electron chi connectivity index (χ3n) is 6.84. The summed E-state index contributed by atoms with van der Waals surface area (Å²) in [6.07, 6.45) is -0.649. The van der Waals surface area contributed by atoms with E-state index < -0.39 is 35.1 Å². The monoisotopic (exact) mass is 595 g/mol. The third kappa shape index (κ3) is 5.95. The number of halogens is 4. The van der Waals surface area contributed by atoms with Crippen LogP contribution in [0.25, 0.3) is 33.3 Å². The average Bonchev–Trinajstić information content (AvgIpc) is 3.37. The highest BCUT2D eigenvalue weighted by atomic mass is 19.4. The Morgan fingerprint density at radius 1 is 1.02 bits per heavy atom. The Hall–Kier alpha value is -5.11. The second-order valence-corrected chi connectivity index (χ2v) is 9.64. The molecular weight excluding hydrogens is 570 g/mol. The van der Waals surface area contributed by atoms with Crippen LogP contribution in [0.4, 0.5) is 29.1 Å². The molecule has 1 unspecified atom stereocenters. The number of nitrogens with zero attached hydrogens (tertiary/aromatic N) is 5. The van der Waals surface area contributed by atoms with E-state index >= 15 is 0 Å². The fourth-order valence-corrected chi connectivity index (χ4v) is 4.52. The van der Waals surface area contributed by atoms with Crippen LogP contribution in [-0.4, -0.2) is 50.1 Å². The molecule has 0 bridgehead atoms. The van der Waals surface area contributed by atoms with Gasteiger partial charge in [-0.1, -0.05) is 24.3 Å². The Balaban J connectivity index is 1.47. The summed E-state index contributed by atoms with van der Waals surface area (Å²) >= 11 is 0. The zero-order valence-electron chi connectivity index (χ0n) is 22.9. The molecule has 5 aromatic rings. The SMILES string of the molecule is COCCn1cc(-c2ccc(F)cc2)c(=O)c(C(=O)Nc2ccc(-c3cn(C(C)C(F)(F)F)c4ncnc(N)c34)cc2)n1. The van der Waals surface area contributed by atoms with Gasteiger partial charge in [-0.15, -0.1) is 0 Å². The number of methoxy groups -OCH3 is 1. The summed E-state index contributed by atoms with van der Waals surface area (Å²) in [5, 5.41) is 7.06. The predicted molar refractivity (Wildman–Crippen MR) is 152 cm³/mol. The maximum atomic E-state index is 13.6. The lowest BCUT2D eigenvalue weighted by Gasteiger charge is -2.17. The van der Waals surface area contributed by atoms with Gasteiger partial charge in [-0.3, -0.25) is 14.3 Å². The molecule has 3 N–H and O–H groups in total. The van der Waals surface area contributed by atoms with E-state index in [9.17, 15) is 27.2 Å². The van der Waals surface area contributed by atoms with Gasteiger partial charge in [0.15, 0.2) is 5.69 Å². The molecule has 0 saturated carbocycles. The van der Waals surface area contributed by atoms with Crippen LogP contribution in [0.2, 0.25) is 0 Å². The predicted octanol–water partition coefficient (Wildman–Crippen LogP) is 5.07. The molecule has 0 aliphatic heterocycles. The van der Waals surface area contributed by atoms with E-state index in [4.69, 9.17) is 10.5 Å². The number of carbonyl (C=O) groups excluding carboxylic acids is 1. The van der Waals surface area contributed by atoms with E-state index in [2.05, 4.69) is 20.4 Å². The molecule has 0 aliphatic rings. The minimum absolute atomic E-state index is 0.0161. The molecule has 0 aliphatic carbocycles. The fourth-order valence-electron chi connectivity index (χ4n) is 4.52. The minimum Gasteiger partial charge on any atom is -0.383 e. The van der Waals surface area contributed by atoms with Crippen LogP contribution >= 0.6 is 0 Å². The Labute approximate surface area is 241 Å². The zero-order chi connectivity index (χ0) is 30.9. The summed E-state index contributed by atoms with van der Waals surface area (Å²) in [5.41, 5.74) is 6.72. The van der Waals surface area contributed by atoms with Crippen molar-refractivity contribution in [2.75, 3.05) is 24.8 Å². The number of hydrogen-bond donors (Lipinski definition) is 2. The van der Waals surface area contributed by atoms with Crippen LogP contribution in [0.3, 0.4) is 0 Å². The van der Waals surface area contributed by atoms with Gasteiger partial charge in [0.25, 0.3) is 5.91 Å². The lowest BCUT2D eigenvalue weighted by Crippen LogP contribution is -2.28. The van der Waals surface area contributed by atoms with Gasteiger partial charge in [-0.25, -0.2) is 14.4 Å². The summed E-state index contributed by atoms with van der Waals surface area (Å²) in [6, 6.07) is 9.61. The van der Waals surface area contributed by atoms with Gasteiger partial charge in [-0.2, -0.15) is 18.3 Å². The largest absolute Gasteiger partial charge is 0.408 e. The van der Waals surface area contributed by atoms with E-state index in [1.165, 1.54) is 60.6 Å². The lowest BCUT2D eigenvalue weighted by molar-refractivity contribution is -0.162. The molecule has 1 atom stereocenters. The second kappa shape index (κ2) is 11.6. The maximum absolute atomic E-state index is 13.6. The molecule has 43 heavy (non-hydrogen) atoms. The van der Waals surface area contributed by atoms with Gasteiger partial charge < -0.3 is 20.4 Å². The maximum Gasteiger partial charge on any atom is 0.408 e. The van der Waals surface area contributed by atoms with Crippen molar-refractivity contribution < 1.29 is 27.1 Å². The van der Waals surface area contributed by atoms with Gasteiger partial charge >= 0.3 is 6.18 Å². The molecule has 3 aromatic heterocycles.